The Morgan fingerprint density at radius 1 is 1.32 bits per heavy atom. The van der Waals surface area contributed by atoms with Crippen molar-refractivity contribution < 1.29 is 9.84 Å². The van der Waals surface area contributed by atoms with Crippen LogP contribution in [0.4, 0.5) is 0 Å². The van der Waals surface area contributed by atoms with Gasteiger partial charge in [-0.3, -0.25) is 4.40 Å². The molecular weight excluding hydrogens is 344 g/mol. The average molecular weight is 361 g/mol. The van der Waals surface area contributed by atoms with E-state index >= 15 is 0 Å². The maximum absolute atomic E-state index is 9.85. The zero-order chi connectivity index (χ0) is 15.7. The van der Waals surface area contributed by atoms with Crippen molar-refractivity contribution in [1.29, 1.82) is 0 Å². The van der Waals surface area contributed by atoms with E-state index in [1.165, 1.54) is 0 Å². The molecule has 114 valence electrons. The number of hydrogen-bond acceptors (Lipinski definition) is 3. The number of fused-ring (bicyclic) bond motifs is 1. The summed E-state index contributed by atoms with van der Waals surface area (Å²) in [4.78, 5) is 4.74. The van der Waals surface area contributed by atoms with E-state index in [9.17, 15) is 5.11 Å². The predicted molar refractivity (Wildman–Crippen MR) is 90.2 cm³/mol. The maximum atomic E-state index is 9.85. The normalized spacial score (nSPS) is 11.1. The second kappa shape index (κ2) is 6.10. The second-order valence-electron chi connectivity index (χ2n) is 5.03. The molecular formula is C17H17BrN2O2. The van der Waals surface area contributed by atoms with E-state index in [-0.39, 0.29) is 6.61 Å². The molecule has 1 N–H and O–H groups in total. The van der Waals surface area contributed by atoms with Crippen molar-refractivity contribution in [2.24, 2.45) is 0 Å². The third-order valence-corrected chi connectivity index (χ3v) is 4.00. The van der Waals surface area contributed by atoms with E-state index in [1.54, 1.807) is 0 Å². The number of hydrogen-bond donors (Lipinski definition) is 1. The minimum atomic E-state index is -0.0904. The van der Waals surface area contributed by atoms with Crippen molar-refractivity contribution in [3.63, 3.8) is 0 Å². The number of aliphatic hydroxyl groups is 1. The van der Waals surface area contributed by atoms with Crippen LogP contribution in [0.25, 0.3) is 16.9 Å². The summed E-state index contributed by atoms with van der Waals surface area (Å²) in [6, 6.07) is 9.79. The van der Waals surface area contributed by atoms with E-state index in [4.69, 9.17) is 9.72 Å². The third kappa shape index (κ3) is 2.51. The Morgan fingerprint density at radius 3 is 2.82 bits per heavy atom. The van der Waals surface area contributed by atoms with Crippen LogP contribution in [0.3, 0.4) is 0 Å². The molecule has 0 aliphatic carbocycles. The first-order valence-electron chi connectivity index (χ1n) is 7.15. The molecule has 1 aromatic carbocycles. The number of halogens is 1. The standard InChI is InChI=1S/C17H17BrN2O2/c1-3-22-15-7-5-4-6-13(15)16-14(10-21)20-9-12(18)8-11(2)17(20)19-16/h4-9,21H,3,10H2,1-2H3. The van der Waals surface area contributed by atoms with Crippen LogP contribution in [-0.2, 0) is 6.61 Å². The van der Waals surface area contributed by atoms with Crippen LogP contribution in [-0.4, -0.2) is 21.1 Å². The smallest absolute Gasteiger partial charge is 0.140 e. The number of imidazole rings is 1. The van der Waals surface area contributed by atoms with E-state index in [0.717, 1.165) is 38.4 Å². The van der Waals surface area contributed by atoms with Gasteiger partial charge in [-0.05, 0) is 53.5 Å². The van der Waals surface area contributed by atoms with E-state index in [1.807, 2.05) is 54.8 Å². The zero-order valence-corrected chi connectivity index (χ0v) is 14.1. The summed E-state index contributed by atoms with van der Waals surface area (Å²) in [7, 11) is 0. The summed E-state index contributed by atoms with van der Waals surface area (Å²) in [5, 5.41) is 9.85. The number of benzene rings is 1. The summed E-state index contributed by atoms with van der Waals surface area (Å²) >= 11 is 3.50. The number of aromatic nitrogens is 2. The lowest BCUT2D eigenvalue weighted by atomic mass is 10.1. The maximum Gasteiger partial charge on any atom is 0.140 e. The molecule has 0 unspecified atom stereocenters. The molecule has 3 rings (SSSR count). The van der Waals surface area contributed by atoms with Gasteiger partial charge in [0, 0.05) is 16.2 Å². The predicted octanol–water partition coefficient (Wildman–Crippen LogP) is 3.96. The van der Waals surface area contributed by atoms with E-state index in [2.05, 4.69) is 15.9 Å². The Hall–Kier alpha value is -1.85. The fraction of sp³-hybridized carbons (Fsp3) is 0.235. The van der Waals surface area contributed by atoms with E-state index < -0.39 is 0 Å². The van der Waals surface area contributed by atoms with Gasteiger partial charge in [0.15, 0.2) is 0 Å². The molecule has 0 bridgehead atoms. The third-order valence-electron chi connectivity index (χ3n) is 3.56. The number of aryl methyl sites for hydroxylation is 1. The van der Waals surface area contributed by atoms with Gasteiger partial charge in [0.05, 0.1) is 24.6 Å². The molecule has 0 atom stereocenters. The highest BCUT2D eigenvalue weighted by Crippen LogP contribution is 2.33. The minimum Gasteiger partial charge on any atom is -0.493 e. The summed E-state index contributed by atoms with van der Waals surface area (Å²) in [6.45, 7) is 4.46. The van der Waals surface area contributed by atoms with E-state index in [0.29, 0.717) is 6.61 Å². The minimum absolute atomic E-state index is 0.0904. The Balaban J connectivity index is 2.30. The van der Waals surface area contributed by atoms with Gasteiger partial charge in [-0.2, -0.15) is 0 Å². The van der Waals surface area contributed by atoms with Crippen LogP contribution in [0.1, 0.15) is 18.2 Å². The molecule has 4 nitrogen and oxygen atoms in total. The van der Waals surface area contributed by atoms with Gasteiger partial charge in [0.2, 0.25) is 0 Å². The number of pyridine rings is 1. The highest BCUT2D eigenvalue weighted by molar-refractivity contribution is 9.10. The summed E-state index contributed by atoms with van der Waals surface area (Å²) < 4.78 is 8.58. The van der Waals surface area contributed by atoms with Crippen molar-refractivity contribution in [3.05, 3.63) is 52.3 Å². The zero-order valence-electron chi connectivity index (χ0n) is 12.5. The first-order chi connectivity index (χ1) is 10.7. The first-order valence-corrected chi connectivity index (χ1v) is 7.95. The van der Waals surface area contributed by atoms with Gasteiger partial charge in [-0.25, -0.2) is 4.98 Å². The largest absolute Gasteiger partial charge is 0.493 e. The van der Waals surface area contributed by atoms with Crippen LogP contribution in [0.5, 0.6) is 5.75 Å². The highest BCUT2D eigenvalue weighted by Gasteiger charge is 2.18. The molecule has 3 aromatic rings. The fourth-order valence-corrected chi connectivity index (χ4v) is 3.17. The SMILES string of the molecule is CCOc1ccccc1-c1nc2c(C)cc(Br)cn2c1CO. The summed E-state index contributed by atoms with van der Waals surface area (Å²) in [5.74, 6) is 0.778. The van der Waals surface area contributed by atoms with Crippen molar-refractivity contribution in [2.45, 2.75) is 20.5 Å². The van der Waals surface area contributed by atoms with Crippen molar-refractivity contribution >= 4 is 21.6 Å². The number of nitrogens with zero attached hydrogens (tertiary/aromatic N) is 2. The van der Waals surface area contributed by atoms with Gasteiger partial charge in [-0.15, -0.1) is 0 Å². The molecule has 2 heterocycles. The van der Waals surface area contributed by atoms with Crippen LogP contribution >= 0.6 is 15.9 Å². The van der Waals surface area contributed by atoms with Crippen LogP contribution in [0, 0.1) is 6.92 Å². The van der Waals surface area contributed by atoms with Crippen LogP contribution in [0.2, 0.25) is 0 Å². The summed E-state index contributed by atoms with van der Waals surface area (Å²) in [6.07, 6.45) is 1.92. The molecule has 0 saturated carbocycles. The molecule has 0 saturated heterocycles. The number of rotatable bonds is 4. The first kappa shape index (κ1) is 15.1. The van der Waals surface area contributed by atoms with Crippen molar-refractivity contribution in [1.82, 2.24) is 9.38 Å². The fourth-order valence-electron chi connectivity index (χ4n) is 2.63. The molecule has 0 fully saturated rings. The lowest BCUT2D eigenvalue weighted by Crippen LogP contribution is -1.97. The Labute approximate surface area is 137 Å². The molecule has 0 aliphatic heterocycles. The molecule has 22 heavy (non-hydrogen) atoms. The van der Waals surface area contributed by atoms with Crippen LogP contribution < -0.4 is 4.74 Å². The van der Waals surface area contributed by atoms with Gasteiger partial charge in [0.25, 0.3) is 0 Å². The average Bonchev–Trinajstić information content (AvgIpc) is 2.86. The lowest BCUT2D eigenvalue weighted by molar-refractivity contribution is 0.276. The van der Waals surface area contributed by atoms with Gasteiger partial charge < -0.3 is 9.84 Å². The number of aliphatic hydroxyl groups excluding tert-OH is 1. The summed E-state index contributed by atoms with van der Waals surface area (Å²) in [5.41, 5.74) is 4.30. The van der Waals surface area contributed by atoms with Gasteiger partial charge >= 0.3 is 0 Å². The van der Waals surface area contributed by atoms with Crippen molar-refractivity contribution in [2.75, 3.05) is 6.61 Å². The molecule has 0 radical (unpaired) electrons. The van der Waals surface area contributed by atoms with Gasteiger partial charge in [0.1, 0.15) is 11.4 Å². The lowest BCUT2D eigenvalue weighted by Gasteiger charge is -2.09. The molecule has 2 aromatic heterocycles. The van der Waals surface area contributed by atoms with Crippen molar-refractivity contribution in [3.8, 4) is 17.0 Å². The molecule has 5 heteroatoms. The molecule has 0 spiro atoms. The Bertz CT molecular complexity index is 827. The quantitative estimate of drug-likeness (QED) is 0.765. The topological polar surface area (TPSA) is 46.8 Å². The number of para-hydroxylation sites is 1. The van der Waals surface area contributed by atoms with Gasteiger partial charge in [-0.1, -0.05) is 12.1 Å². The Kier molecular flexibility index (Phi) is 4.18. The highest BCUT2D eigenvalue weighted by atomic mass is 79.9. The molecule has 0 aliphatic rings. The molecule has 0 amide bonds. The van der Waals surface area contributed by atoms with Crippen LogP contribution in [0.15, 0.2) is 41.0 Å². The Morgan fingerprint density at radius 2 is 2.09 bits per heavy atom. The second-order valence-corrected chi connectivity index (χ2v) is 5.95. The number of ether oxygens (including phenoxy) is 1. The monoisotopic (exact) mass is 360 g/mol.